The van der Waals surface area contributed by atoms with Crippen LogP contribution < -0.4 is 20.3 Å². The number of sulfonamides is 1. The van der Waals surface area contributed by atoms with Gasteiger partial charge in [-0.2, -0.15) is 14.3 Å². The summed E-state index contributed by atoms with van der Waals surface area (Å²) in [7, 11) is -2.06. The SMILES string of the molecule is COc1ccc(S(=O)(=O)N2CCN(c3nc(NCCO)cc(Nc4ccc(C)cc4)n3)CC2)cc1. The highest BCUT2D eigenvalue weighted by Gasteiger charge is 2.29. The molecular weight excluding hydrogens is 468 g/mol. The van der Waals surface area contributed by atoms with Gasteiger partial charge in [-0.05, 0) is 43.3 Å². The fraction of sp³-hybridized carbons (Fsp3) is 0.333. The summed E-state index contributed by atoms with van der Waals surface area (Å²) in [5.74, 6) is 2.28. The van der Waals surface area contributed by atoms with E-state index in [-0.39, 0.29) is 11.5 Å². The van der Waals surface area contributed by atoms with Gasteiger partial charge in [-0.3, -0.25) is 0 Å². The van der Waals surface area contributed by atoms with E-state index in [1.165, 1.54) is 4.31 Å². The number of aryl methyl sites for hydroxylation is 1. The molecule has 1 saturated heterocycles. The first-order chi connectivity index (χ1) is 16.9. The molecule has 1 fully saturated rings. The van der Waals surface area contributed by atoms with Gasteiger partial charge >= 0.3 is 0 Å². The van der Waals surface area contributed by atoms with Crippen molar-refractivity contribution in [1.29, 1.82) is 0 Å². The summed E-state index contributed by atoms with van der Waals surface area (Å²) in [6.45, 7) is 3.87. The number of aromatic nitrogens is 2. The van der Waals surface area contributed by atoms with Crippen LogP contribution in [0.15, 0.2) is 59.5 Å². The number of hydrogen-bond donors (Lipinski definition) is 3. The van der Waals surface area contributed by atoms with Gasteiger partial charge in [0.25, 0.3) is 0 Å². The zero-order valence-corrected chi connectivity index (χ0v) is 20.6. The number of ether oxygens (including phenoxy) is 1. The summed E-state index contributed by atoms with van der Waals surface area (Å²) >= 11 is 0. The lowest BCUT2D eigenvalue weighted by atomic mass is 10.2. The van der Waals surface area contributed by atoms with E-state index >= 15 is 0 Å². The summed E-state index contributed by atoms with van der Waals surface area (Å²) < 4.78 is 32.8. The molecule has 35 heavy (non-hydrogen) atoms. The van der Waals surface area contributed by atoms with Gasteiger partial charge in [0.15, 0.2) is 0 Å². The third-order valence-corrected chi connectivity index (χ3v) is 7.59. The van der Waals surface area contributed by atoms with Gasteiger partial charge in [-0.15, -0.1) is 0 Å². The van der Waals surface area contributed by atoms with Crippen LogP contribution in [0.4, 0.5) is 23.3 Å². The molecule has 0 unspecified atom stereocenters. The average molecular weight is 499 g/mol. The molecule has 11 heteroatoms. The zero-order chi connectivity index (χ0) is 24.8. The zero-order valence-electron chi connectivity index (χ0n) is 19.8. The Hall–Kier alpha value is -3.41. The van der Waals surface area contributed by atoms with Crippen LogP contribution in [0.1, 0.15) is 5.56 Å². The van der Waals surface area contributed by atoms with Crippen LogP contribution in [0.3, 0.4) is 0 Å². The number of hydrogen-bond acceptors (Lipinski definition) is 9. The molecule has 0 aliphatic carbocycles. The van der Waals surface area contributed by atoms with Crippen molar-refractivity contribution < 1.29 is 18.3 Å². The predicted molar refractivity (Wildman–Crippen MR) is 136 cm³/mol. The van der Waals surface area contributed by atoms with Crippen LogP contribution in [0.5, 0.6) is 5.75 Å². The van der Waals surface area contributed by atoms with E-state index in [0.29, 0.717) is 56.1 Å². The van der Waals surface area contributed by atoms with Crippen molar-refractivity contribution in [2.75, 3.05) is 62.0 Å². The first-order valence-electron chi connectivity index (χ1n) is 11.4. The number of methoxy groups -OCH3 is 1. The molecule has 0 bridgehead atoms. The molecule has 1 aliphatic rings. The largest absolute Gasteiger partial charge is 0.497 e. The molecule has 0 atom stereocenters. The monoisotopic (exact) mass is 498 g/mol. The molecule has 1 aromatic heterocycles. The Labute approximate surface area is 205 Å². The molecule has 0 spiro atoms. The van der Waals surface area contributed by atoms with Gasteiger partial charge in [-0.1, -0.05) is 17.7 Å². The number of nitrogens with zero attached hydrogens (tertiary/aromatic N) is 4. The lowest BCUT2D eigenvalue weighted by molar-refractivity contribution is 0.311. The summed E-state index contributed by atoms with van der Waals surface area (Å²) in [6, 6.07) is 16.2. The van der Waals surface area contributed by atoms with Crippen molar-refractivity contribution in [3.8, 4) is 5.75 Å². The first-order valence-corrected chi connectivity index (χ1v) is 12.8. The van der Waals surface area contributed by atoms with Gasteiger partial charge in [-0.25, -0.2) is 8.42 Å². The number of aliphatic hydroxyl groups is 1. The highest BCUT2D eigenvalue weighted by atomic mass is 32.2. The Bertz CT molecular complexity index is 1230. The number of rotatable bonds is 9. The van der Waals surface area contributed by atoms with E-state index in [0.717, 1.165) is 11.3 Å². The maximum Gasteiger partial charge on any atom is 0.243 e. The van der Waals surface area contributed by atoms with Crippen LogP contribution in [0, 0.1) is 6.92 Å². The normalized spacial score (nSPS) is 14.5. The Morgan fingerprint density at radius 2 is 1.63 bits per heavy atom. The summed E-state index contributed by atoms with van der Waals surface area (Å²) in [4.78, 5) is 11.5. The fourth-order valence-electron chi connectivity index (χ4n) is 3.72. The molecule has 2 heterocycles. The number of nitrogens with one attached hydrogen (secondary N) is 2. The molecule has 0 radical (unpaired) electrons. The summed E-state index contributed by atoms with van der Waals surface area (Å²) in [6.07, 6.45) is 0. The van der Waals surface area contributed by atoms with Crippen molar-refractivity contribution >= 4 is 33.3 Å². The van der Waals surface area contributed by atoms with E-state index in [9.17, 15) is 13.5 Å². The summed E-state index contributed by atoms with van der Waals surface area (Å²) in [5, 5.41) is 15.6. The second kappa shape index (κ2) is 10.9. The van der Waals surface area contributed by atoms with Crippen molar-refractivity contribution in [3.63, 3.8) is 0 Å². The van der Waals surface area contributed by atoms with Gasteiger partial charge < -0.3 is 25.4 Å². The van der Waals surface area contributed by atoms with Crippen molar-refractivity contribution in [2.24, 2.45) is 0 Å². The first kappa shape index (κ1) is 24.7. The maximum atomic E-state index is 13.1. The molecule has 0 amide bonds. The Balaban J connectivity index is 1.49. The molecule has 0 saturated carbocycles. The minimum Gasteiger partial charge on any atom is -0.497 e. The molecule has 4 rings (SSSR count). The molecule has 3 aromatic rings. The van der Waals surface area contributed by atoms with E-state index in [1.54, 1.807) is 37.4 Å². The number of benzene rings is 2. The standard InChI is InChI=1S/C24H30N6O4S/c1-18-3-5-19(6-4-18)26-23-17-22(25-11-16-31)27-24(28-23)29-12-14-30(15-13-29)35(32,33)21-9-7-20(34-2)8-10-21/h3-10,17,31H,11-16H2,1-2H3,(H2,25,26,27,28). The number of aliphatic hydroxyl groups excluding tert-OH is 1. The molecule has 10 nitrogen and oxygen atoms in total. The third kappa shape index (κ3) is 5.99. The molecule has 3 N–H and O–H groups in total. The quantitative estimate of drug-likeness (QED) is 0.409. The number of piperazine rings is 1. The van der Waals surface area contributed by atoms with Crippen LogP contribution in [0.25, 0.3) is 0 Å². The minimum absolute atomic E-state index is 0.0258. The Kier molecular flexibility index (Phi) is 7.69. The van der Waals surface area contributed by atoms with Crippen molar-refractivity contribution in [3.05, 3.63) is 60.2 Å². The van der Waals surface area contributed by atoms with Crippen molar-refractivity contribution in [2.45, 2.75) is 11.8 Å². The van der Waals surface area contributed by atoms with Crippen LogP contribution in [-0.2, 0) is 10.0 Å². The Morgan fingerprint density at radius 1 is 0.971 bits per heavy atom. The van der Waals surface area contributed by atoms with Crippen LogP contribution >= 0.6 is 0 Å². The van der Waals surface area contributed by atoms with Crippen molar-refractivity contribution in [1.82, 2.24) is 14.3 Å². The van der Waals surface area contributed by atoms with E-state index in [4.69, 9.17) is 4.74 Å². The van der Waals surface area contributed by atoms with Gasteiger partial charge in [0.05, 0.1) is 18.6 Å². The second-order valence-corrected chi connectivity index (χ2v) is 10.1. The molecular formula is C24H30N6O4S. The molecule has 186 valence electrons. The highest BCUT2D eigenvalue weighted by Crippen LogP contribution is 2.24. The smallest absolute Gasteiger partial charge is 0.243 e. The van der Waals surface area contributed by atoms with E-state index in [1.807, 2.05) is 36.1 Å². The van der Waals surface area contributed by atoms with E-state index in [2.05, 4.69) is 20.6 Å². The Morgan fingerprint density at radius 3 is 2.26 bits per heavy atom. The topological polar surface area (TPSA) is 120 Å². The van der Waals surface area contributed by atoms with Crippen LogP contribution in [0.2, 0.25) is 0 Å². The van der Waals surface area contributed by atoms with E-state index < -0.39 is 10.0 Å². The van der Waals surface area contributed by atoms with Gasteiger partial charge in [0.2, 0.25) is 16.0 Å². The predicted octanol–water partition coefficient (Wildman–Crippen LogP) is 2.45. The average Bonchev–Trinajstić information content (AvgIpc) is 2.89. The second-order valence-electron chi connectivity index (χ2n) is 8.15. The fourth-order valence-corrected chi connectivity index (χ4v) is 5.15. The highest BCUT2D eigenvalue weighted by molar-refractivity contribution is 7.89. The minimum atomic E-state index is -3.61. The lowest BCUT2D eigenvalue weighted by Crippen LogP contribution is -2.49. The molecule has 2 aromatic carbocycles. The van der Waals surface area contributed by atoms with Gasteiger partial charge in [0, 0.05) is 44.5 Å². The summed E-state index contributed by atoms with van der Waals surface area (Å²) in [5.41, 5.74) is 2.05. The molecule has 1 aliphatic heterocycles. The van der Waals surface area contributed by atoms with Crippen LogP contribution in [-0.4, -0.2) is 74.2 Å². The van der Waals surface area contributed by atoms with Gasteiger partial charge in [0.1, 0.15) is 17.4 Å². The maximum absolute atomic E-state index is 13.1. The third-order valence-electron chi connectivity index (χ3n) is 5.67. The lowest BCUT2D eigenvalue weighted by Gasteiger charge is -2.34. The number of anilines is 4.